The molecule has 6 rings (SSSR count). The van der Waals surface area contributed by atoms with Gasteiger partial charge in [0.2, 0.25) is 10.0 Å². The normalized spacial score (nSPS) is 11.7. The summed E-state index contributed by atoms with van der Waals surface area (Å²) in [6.45, 7) is 0.523. The van der Waals surface area contributed by atoms with Crippen LogP contribution in [0.15, 0.2) is 109 Å². The van der Waals surface area contributed by atoms with Gasteiger partial charge in [-0.1, -0.05) is 72.3 Å². The number of aromatic nitrogens is 5. The topological polar surface area (TPSA) is 141 Å². The molecule has 2 N–H and O–H groups in total. The summed E-state index contributed by atoms with van der Waals surface area (Å²) in [7, 11) is -3.65. The number of hydrogen-bond donors (Lipinski definition) is 2. The van der Waals surface area contributed by atoms with Gasteiger partial charge in [-0.3, -0.25) is 0 Å². The van der Waals surface area contributed by atoms with E-state index in [1.165, 1.54) is 23.3 Å². The number of nitrogens with zero attached hydrogens (tertiary/aromatic N) is 5. The SMILES string of the molecule is O=C(O)c1ccc(OCCc2c(CCNS(=O)(=O)CCn3ncnn3)n(C(c3ccccc3)c3ccccc3)c3ccc(Cl)cc23)cc1. The maximum absolute atomic E-state index is 13.0. The average molecular weight is 685 g/mol. The van der Waals surface area contributed by atoms with Crippen molar-refractivity contribution < 1.29 is 23.1 Å². The molecule has 0 saturated carbocycles. The first kappa shape index (κ1) is 32.9. The standard InChI is InChI=1S/C35H33ClN6O5S/c36-28-13-16-32-31(23-28)30(18-21-47-29-14-11-27(12-15-29)35(43)44)33(17-19-39-48(45,46)22-20-41-38-24-37-40-41)42(32)34(25-7-3-1-4-8-25)26-9-5-2-6-10-26/h1-16,23-24,34,39H,17-22H2,(H,43,44). The Labute approximate surface area is 282 Å². The molecule has 6 aromatic rings. The van der Waals surface area contributed by atoms with Gasteiger partial charge in [0, 0.05) is 41.0 Å². The number of sulfonamides is 1. The molecule has 4 aromatic carbocycles. The Morgan fingerprint density at radius 3 is 2.23 bits per heavy atom. The molecule has 11 nitrogen and oxygen atoms in total. The third-order valence-corrected chi connectivity index (χ3v) is 9.63. The van der Waals surface area contributed by atoms with Gasteiger partial charge in [-0.25, -0.2) is 17.9 Å². The van der Waals surface area contributed by atoms with Crippen molar-refractivity contribution in [2.24, 2.45) is 0 Å². The van der Waals surface area contributed by atoms with E-state index in [1.54, 1.807) is 12.1 Å². The quantitative estimate of drug-likeness (QED) is 0.147. The Morgan fingerprint density at radius 2 is 1.60 bits per heavy atom. The zero-order valence-electron chi connectivity index (χ0n) is 25.8. The first-order valence-corrected chi connectivity index (χ1v) is 17.4. The molecule has 0 spiro atoms. The smallest absolute Gasteiger partial charge is 0.335 e. The molecule has 246 valence electrons. The number of benzene rings is 4. The van der Waals surface area contributed by atoms with Crippen LogP contribution in [0.3, 0.4) is 0 Å². The molecule has 2 heterocycles. The van der Waals surface area contributed by atoms with Crippen molar-refractivity contribution in [1.82, 2.24) is 29.5 Å². The molecule has 0 fully saturated rings. The Morgan fingerprint density at radius 1 is 0.917 bits per heavy atom. The van der Waals surface area contributed by atoms with E-state index >= 15 is 0 Å². The van der Waals surface area contributed by atoms with Crippen LogP contribution in [0.2, 0.25) is 5.02 Å². The maximum atomic E-state index is 13.0. The van der Waals surface area contributed by atoms with Crippen molar-refractivity contribution in [2.45, 2.75) is 25.4 Å². The summed E-state index contributed by atoms with van der Waals surface area (Å²) < 4.78 is 37.1. The van der Waals surface area contributed by atoms with Crippen LogP contribution in [-0.4, -0.2) is 63.2 Å². The molecule has 0 aliphatic heterocycles. The zero-order chi connectivity index (χ0) is 33.5. The summed E-state index contributed by atoms with van der Waals surface area (Å²) in [6.07, 6.45) is 2.13. The van der Waals surface area contributed by atoms with Crippen LogP contribution >= 0.6 is 11.6 Å². The summed E-state index contributed by atoms with van der Waals surface area (Å²) in [6, 6.07) is 32.2. The molecule has 0 saturated heterocycles. The Hall–Kier alpha value is -5.04. The highest BCUT2D eigenvalue weighted by Gasteiger charge is 2.26. The third kappa shape index (κ3) is 7.73. The van der Waals surface area contributed by atoms with Gasteiger partial charge in [0.15, 0.2) is 6.33 Å². The van der Waals surface area contributed by atoms with Crippen LogP contribution in [0.4, 0.5) is 0 Å². The van der Waals surface area contributed by atoms with Crippen LogP contribution in [0.25, 0.3) is 10.9 Å². The van der Waals surface area contributed by atoms with E-state index in [9.17, 15) is 18.3 Å². The van der Waals surface area contributed by atoms with Gasteiger partial charge in [-0.05, 0) is 64.4 Å². The number of halogens is 1. The first-order valence-electron chi connectivity index (χ1n) is 15.3. The van der Waals surface area contributed by atoms with Crippen LogP contribution in [0.1, 0.15) is 38.8 Å². The highest BCUT2D eigenvalue weighted by Crippen LogP contribution is 2.37. The van der Waals surface area contributed by atoms with E-state index in [2.05, 4.69) is 49.0 Å². The van der Waals surface area contributed by atoms with Crippen LogP contribution in [-0.2, 0) is 29.4 Å². The number of aryl methyl sites for hydroxylation is 1. The molecular formula is C35H33ClN6O5S. The van der Waals surface area contributed by atoms with E-state index < -0.39 is 16.0 Å². The summed E-state index contributed by atoms with van der Waals surface area (Å²) in [4.78, 5) is 12.5. The minimum absolute atomic E-state index is 0.0776. The highest BCUT2D eigenvalue weighted by atomic mass is 35.5. The summed E-state index contributed by atoms with van der Waals surface area (Å²) in [5, 5.41) is 22.1. The molecule has 2 aromatic heterocycles. The van der Waals surface area contributed by atoms with Crippen LogP contribution < -0.4 is 9.46 Å². The van der Waals surface area contributed by atoms with Crippen LogP contribution in [0.5, 0.6) is 5.75 Å². The Bertz CT molecular complexity index is 2050. The van der Waals surface area contributed by atoms with Crippen molar-refractivity contribution in [1.29, 1.82) is 0 Å². The lowest BCUT2D eigenvalue weighted by atomic mass is 9.97. The monoisotopic (exact) mass is 684 g/mol. The Balaban J connectivity index is 1.38. The molecule has 0 bridgehead atoms. The second-order valence-corrected chi connectivity index (χ2v) is 13.5. The van der Waals surface area contributed by atoms with Crippen molar-refractivity contribution >= 4 is 38.5 Å². The second-order valence-electron chi connectivity index (χ2n) is 11.1. The van der Waals surface area contributed by atoms with Gasteiger partial charge in [0.05, 0.1) is 30.5 Å². The molecule has 0 radical (unpaired) electrons. The number of hydrogen-bond acceptors (Lipinski definition) is 7. The minimum Gasteiger partial charge on any atom is -0.493 e. The van der Waals surface area contributed by atoms with Crippen molar-refractivity contribution in [3.63, 3.8) is 0 Å². The van der Waals surface area contributed by atoms with Gasteiger partial charge in [0.1, 0.15) is 5.75 Å². The van der Waals surface area contributed by atoms with Gasteiger partial charge in [-0.15, -0.1) is 10.2 Å². The van der Waals surface area contributed by atoms with E-state index in [0.717, 1.165) is 33.3 Å². The lowest BCUT2D eigenvalue weighted by Gasteiger charge is -2.25. The van der Waals surface area contributed by atoms with E-state index in [1.807, 2.05) is 54.6 Å². The van der Waals surface area contributed by atoms with Crippen molar-refractivity contribution in [2.75, 3.05) is 18.9 Å². The fourth-order valence-corrected chi connectivity index (χ4v) is 7.00. The number of carboxylic acids is 1. The van der Waals surface area contributed by atoms with E-state index in [4.69, 9.17) is 16.3 Å². The number of fused-ring (bicyclic) bond motifs is 1. The largest absolute Gasteiger partial charge is 0.493 e. The minimum atomic E-state index is -3.65. The zero-order valence-corrected chi connectivity index (χ0v) is 27.4. The van der Waals surface area contributed by atoms with Gasteiger partial charge < -0.3 is 14.4 Å². The molecule has 0 amide bonds. The predicted molar refractivity (Wildman–Crippen MR) is 183 cm³/mol. The van der Waals surface area contributed by atoms with Crippen LogP contribution in [0, 0.1) is 0 Å². The average Bonchev–Trinajstić information content (AvgIpc) is 3.72. The number of aromatic carboxylic acids is 1. The molecule has 0 aliphatic carbocycles. The fourth-order valence-electron chi connectivity index (χ4n) is 5.87. The number of carbonyl (C=O) groups is 1. The van der Waals surface area contributed by atoms with Crippen molar-refractivity contribution in [3.8, 4) is 5.75 Å². The molecule has 0 unspecified atom stereocenters. The summed E-state index contributed by atoms with van der Waals surface area (Å²) >= 11 is 6.58. The predicted octanol–water partition coefficient (Wildman–Crippen LogP) is 5.40. The highest BCUT2D eigenvalue weighted by molar-refractivity contribution is 7.89. The van der Waals surface area contributed by atoms with Crippen molar-refractivity contribution in [3.05, 3.63) is 142 Å². The van der Waals surface area contributed by atoms with Gasteiger partial charge >= 0.3 is 5.97 Å². The summed E-state index contributed by atoms with van der Waals surface area (Å²) in [5.41, 5.74) is 5.19. The van der Waals surface area contributed by atoms with E-state index in [0.29, 0.717) is 30.2 Å². The maximum Gasteiger partial charge on any atom is 0.335 e. The first-order chi connectivity index (χ1) is 23.3. The molecule has 13 heteroatoms. The number of tetrazole rings is 1. The summed E-state index contributed by atoms with van der Waals surface area (Å²) in [5.74, 6) is -0.655. The second kappa shape index (κ2) is 14.8. The third-order valence-electron chi connectivity index (χ3n) is 8.03. The number of nitrogens with one attached hydrogen (secondary N) is 1. The fraction of sp³-hybridized carbons (Fsp3) is 0.200. The molecular weight excluding hydrogens is 652 g/mol. The van der Waals surface area contributed by atoms with Gasteiger partial charge in [0.25, 0.3) is 0 Å². The number of ether oxygens (including phenoxy) is 1. The van der Waals surface area contributed by atoms with E-state index in [-0.39, 0.29) is 30.4 Å². The number of rotatable bonds is 15. The number of carboxylic acid groups (broad SMARTS) is 1. The van der Waals surface area contributed by atoms with Gasteiger partial charge in [-0.2, -0.15) is 4.80 Å². The lowest BCUT2D eigenvalue weighted by molar-refractivity contribution is 0.0697. The molecule has 0 atom stereocenters. The lowest BCUT2D eigenvalue weighted by Crippen LogP contribution is -2.31. The molecule has 48 heavy (non-hydrogen) atoms. The Kier molecular flexibility index (Phi) is 10.1. The molecule has 0 aliphatic rings.